The highest BCUT2D eigenvalue weighted by atomic mass is 16.5. The van der Waals surface area contributed by atoms with E-state index >= 15 is 0 Å². The van der Waals surface area contributed by atoms with E-state index in [1.54, 1.807) is 18.2 Å². The quantitative estimate of drug-likeness (QED) is 0.0834. The van der Waals surface area contributed by atoms with Gasteiger partial charge in [0, 0.05) is 43.7 Å². The molecule has 0 bridgehead atoms. The summed E-state index contributed by atoms with van der Waals surface area (Å²) in [7, 11) is 0. The number of aromatic hydroxyl groups is 1. The van der Waals surface area contributed by atoms with Crippen LogP contribution in [-0.4, -0.2) is 90.6 Å². The molecular weight excluding hydrogens is 697 g/mol. The number of amides is 3. The second kappa shape index (κ2) is 16.2. The first-order chi connectivity index (χ1) is 26.8. The minimum absolute atomic E-state index is 0.0920. The molecule has 4 aliphatic rings. The number of quaternary nitrogens is 1. The van der Waals surface area contributed by atoms with Crippen LogP contribution in [0.4, 0.5) is 5.69 Å². The van der Waals surface area contributed by atoms with Crippen LogP contribution in [0.1, 0.15) is 80.5 Å². The van der Waals surface area contributed by atoms with Gasteiger partial charge in [0.2, 0.25) is 0 Å². The molecule has 5 N–H and O–H groups in total. The predicted octanol–water partition coefficient (Wildman–Crippen LogP) is 3.58. The zero-order chi connectivity index (χ0) is 37.9. The number of carbonyl (C=O) groups is 3. The average Bonchev–Trinajstić information content (AvgIpc) is 3.45. The maximum absolute atomic E-state index is 13.1. The number of likely N-dealkylation sites (tertiary alicyclic amines) is 1. The molecular formula is C43H48N6O6. The number of aryl methyl sites for hydroxylation is 1. The highest BCUT2D eigenvalue weighted by molar-refractivity contribution is 6.23. The molecule has 286 valence electrons. The molecule has 2 unspecified atom stereocenters. The van der Waals surface area contributed by atoms with Gasteiger partial charge in [-0.2, -0.15) is 0 Å². The Morgan fingerprint density at radius 1 is 0.836 bits per heavy atom. The summed E-state index contributed by atoms with van der Waals surface area (Å²) in [5.74, 6) is 0.152. The number of carbonyl (C=O) groups excluding carboxylic acids is 3. The number of hydrogen-bond donors (Lipinski definition) is 5. The summed E-state index contributed by atoms with van der Waals surface area (Å²) in [6, 6.07) is 29.7. The molecule has 3 amide bonds. The van der Waals surface area contributed by atoms with Crippen LogP contribution in [-0.2, 0) is 11.2 Å². The largest absolute Gasteiger partial charge is 0.608 e. The molecule has 0 aromatic heterocycles. The van der Waals surface area contributed by atoms with Crippen LogP contribution >= 0.6 is 0 Å². The lowest BCUT2D eigenvalue weighted by molar-refractivity contribution is -0.890. The van der Waals surface area contributed by atoms with E-state index in [2.05, 4.69) is 81.6 Å². The summed E-state index contributed by atoms with van der Waals surface area (Å²) in [6.07, 6.45) is 4.21. The molecule has 4 aromatic carbocycles. The fourth-order valence-electron chi connectivity index (χ4n) is 8.77. The maximum Gasteiger partial charge on any atom is 0.288 e. The van der Waals surface area contributed by atoms with Crippen molar-refractivity contribution in [2.45, 2.75) is 56.0 Å². The van der Waals surface area contributed by atoms with Crippen molar-refractivity contribution in [1.29, 1.82) is 0 Å². The monoisotopic (exact) mass is 744 g/mol. The van der Waals surface area contributed by atoms with Crippen LogP contribution < -0.4 is 26.0 Å². The van der Waals surface area contributed by atoms with Crippen LogP contribution in [0.25, 0.3) is 0 Å². The summed E-state index contributed by atoms with van der Waals surface area (Å²) in [5, 5.41) is 28.3. The first-order valence-corrected chi connectivity index (χ1v) is 19.5. The molecule has 3 aliphatic heterocycles. The zero-order valence-corrected chi connectivity index (χ0v) is 30.8. The Morgan fingerprint density at radius 2 is 1.62 bits per heavy atom. The Kier molecular flexibility index (Phi) is 10.8. The summed E-state index contributed by atoms with van der Waals surface area (Å²) in [4.78, 5) is 41.9. The first-order valence-electron chi connectivity index (χ1n) is 19.5. The number of phenols is 1. The van der Waals surface area contributed by atoms with Crippen molar-refractivity contribution in [2.24, 2.45) is 0 Å². The highest BCUT2D eigenvalue weighted by Crippen LogP contribution is 2.47. The highest BCUT2D eigenvalue weighted by Gasteiger charge is 2.45. The van der Waals surface area contributed by atoms with Crippen molar-refractivity contribution in [1.82, 2.24) is 20.5 Å². The molecule has 8 rings (SSSR count). The van der Waals surface area contributed by atoms with Gasteiger partial charge in [-0.15, -0.1) is 0 Å². The van der Waals surface area contributed by atoms with Gasteiger partial charge in [-0.1, -0.05) is 48.5 Å². The Hall–Kier alpha value is -5.27. The van der Waals surface area contributed by atoms with E-state index in [9.17, 15) is 24.7 Å². The van der Waals surface area contributed by atoms with Crippen LogP contribution in [0.15, 0.2) is 91.0 Å². The molecule has 4 atom stereocenters. The summed E-state index contributed by atoms with van der Waals surface area (Å²) < 4.78 is 6.21. The van der Waals surface area contributed by atoms with Crippen molar-refractivity contribution in [3.63, 3.8) is 0 Å². The minimum atomic E-state index is -0.972. The van der Waals surface area contributed by atoms with E-state index < -0.39 is 28.9 Å². The smallest absolute Gasteiger partial charge is 0.288 e. The number of anilines is 1. The van der Waals surface area contributed by atoms with Crippen LogP contribution in [0.2, 0.25) is 0 Å². The predicted molar refractivity (Wildman–Crippen MR) is 208 cm³/mol. The fraction of sp³-hybridized carbons (Fsp3) is 0.372. The van der Waals surface area contributed by atoms with Gasteiger partial charge in [0.25, 0.3) is 17.7 Å². The molecule has 3 heterocycles. The topological polar surface area (TPSA) is 151 Å². The van der Waals surface area contributed by atoms with Gasteiger partial charge in [-0.05, 0) is 109 Å². The number of piperidine rings is 1. The van der Waals surface area contributed by atoms with Crippen LogP contribution in [0.3, 0.4) is 0 Å². The Balaban J connectivity index is 0.765. The van der Waals surface area contributed by atoms with E-state index in [1.807, 2.05) is 12.1 Å². The molecule has 2 fully saturated rings. The Morgan fingerprint density at radius 3 is 2.40 bits per heavy atom. The number of hydrogen-bond acceptors (Lipinski definition) is 9. The lowest BCUT2D eigenvalue weighted by Gasteiger charge is -2.35. The molecule has 2 saturated heterocycles. The number of nitrogens with zero attached hydrogens (tertiary/aromatic N) is 2. The van der Waals surface area contributed by atoms with Gasteiger partial charge in [0.05, 0.1) is 11.1 Å². The van der Waals surface area contributed by atoms with Crippen molar-refractivity contribution < 1.29 is 29.4 Å². The number of phenolic OH excluding ortho intramolecular Hbond substituents is 1. The third-order valence-electron chi connectivity index (χ3n) is 11.6. The van der Waals surface area contributed by atoms with E-state index in [0.29, 0.717) is 30.9 Å². The summed E-state index contributed by atoms with van der Waals surface area (Å²) in [5.41, 5.74) is 8.62. The number of benzene rings is 4. The molecule has 1 aliphatic carbocycles. The summed E-state index contributed by atoms with van der Waals surface area (Å²) >= 11 is 0. The molecule has 12 heteroatoms. The number of hydroxylamine groups is 1. The van der Waals surface area contributed by atoms with E-state index in [1.165, 1.54) is 22.3 Å². The van der Waals surface area contributed by atoms with Crippen molar-refractivity contribution in [3.8, 4) is 11.5 Å². The van der Waals surface area contributed by atoms with Crippen molar-refractivity contribution in [3.05, 3.63) is 130 Å². The van der Waals surface area contributed by atoms with E-state index in [4.69, 9.17) is 4.74 Å². The zero-order valence-electron chi connectivity index (χ0n) is 30.8. The first kappa shape index (κ1) is 36.7. The van der Waals surface area contributed by atoms with Crippen molar-refractivity contribution in [2.75, 3.05) is 51.2 Å². The fourth-order valence-corrected chi connectivity index (χ4v) is 8.77. The molecule has 4 aromatic rings. The van der Waals surface area contributed by atoms with Gasteiger partial charge in [0.1, 0.15) is 30.7 Å². The normalized spacial score (nSPS) is 22.9. The third kappa shape index (κ3) is 7.95. The Labute approximate surface area is 321 Å². The molecule has 55 heavy (non-hydrogen) atoms. The standard InChI is InChI=1S/C43H48N6O6/c50-33-10-15-36-30(26-33)8-13-35(28-4-2-1-3-5-28)40(36)29-6-11-34(12-7-29)55-25-24-47-21-16-31(17-22-47)44-19-20-45-32-9-14-37-38(27-32)43(53)49(42(37)52)39-18-23-48(54)46-41(39)51/h1-7,9-12,14-15,26-27,31,35,39-40,44-45,48,50H,8,13,16-25H2,(H,46,51)/t35-,39?,40+/m1/s1. The average molecular weight is 745 g/mol. The molecule has 0 saturated carbocycles. The van der Waals surface area contributed by atoms with Crippen molar-refractivity contribution >= 4 is 23.4 Å². The minimum Gasteiger partial charge on any atom is -0.608 e. The number of imide groups is 1. The van der Waals surface area contributed by atoms with Gasteiger partial charge >= 0.3 is 0 Å². The SMILES string of the molecule is O=C1N[NH+]([O-])CCC1N1C(=O)c2ccc(NCCNC3CCN(CCOc4ccc([C@@H]5c6ccc(O)cc6CC[C@@H]5c5ccccc5)cc4)CC3)cc2C1=O. The lowest BCUT2D eigenvalue weighted by atomic mass is 9.69. The maximum atomic E-state index is 13.1. The Bertz CT molecular complexity index is 2020. The molecule has 0 radical (unpaired) electrons. The lowest BCUT2D eigenvalue weighted by Crippen LogP contribution is -3.17. The van der Waals surface area contributed by atoms with Gasteiger partial charge in [0.15, 0.2) is 0 Å². The van der Waals surface area contributed by atoms with Gasteiger partial charge in [-0.3, -0.25) is 29.4 Å². The number of ether oxygens (including phenoxy) is 1. The van der Waals surface area contributed by atoms with Crippen LogP contribution in [0, 0.1) is 5.21 Å². The number of rotatable bonds is 12. The van der Waals surface area contributed by atoms with Gasteiger partial charge in [-0.25, -0.2) is 5.43 Å². The van der Waals surface area contributed by atoms with E-state index in [-0.39, 0.29) is 30.0 Å². The number of fused-ring (bicyclic) bond motifs is 2. The third-order valence-corrected chi connectivity index (χ3v) is 11.6. The number of nitrogens with one attached hydrogen (secondary N) is 4. The molecule has 12 nitrogen and oxygen atoms in total. The van der Waals surface area contributed by atoms with E-state index in [0.717, 1.165) is 68.2 Å². The summed E-state index contributed by atoms with van der Waals surface area (Å²) in [6.45, 7) is 4.97. The molecule has 0 spiro atoms. The van der Waals surface area contributed by atoms with Gasteiger partial charge < -0.3 is 25.7 Å². The second-order valence-corrected chi connectivity index (χ2v) is 15.0. The second-order valence-electron chi connectivity index (χ2n) is 15.0. The van der Waals surface area contributed by atoms with Crippen LogP contribution in [0.5, 0.6) is 11.5 Å².